The number of ether oxygens (including phenoxy) is 1. The molecule has 1 rings (SSSR count). The molecule has 1 aromatic rings. The van der Waals surface area contributed by atoms with E-state index in [2.05, 4.69) is 24.1 Å². The second-order valence-corrected chi connectivity index (χ2v) is 5.09. The molecule has 0 radical (unpaired) electrons. The van der Waals surface area contributed by atoms with E-state index in [9.17, 15) is 0 Å². The second-order valence-electron chi connectivity index (χ2n) is 5.09. The van der Waals surface area contributed by atoms with Crippen LogP contribution in [0.3, 0.4) is 0 Å². The molecule has 0 atom stereocenters. The molecule has 0 aliphatic rings. The zero-order chi connectivity index (χ0) is 12.8. The van der Waals surface area contributed by atoms with Crippen LogP contribution in [0.2, 0.25) is 0 Å². The highest BCUT2D eigenvalue weighted by atomic mass is 16.5. The monoisotopic (exact) mass is 236 g/mol. The normalized spacial score (nSPS) is 11.2. The van der Waals surface area contributed by atoms with E-state index < -0.39 is 0 Å². The van der Waals surface area contributed by atoms with E-state index in [-0.39, 0.29) is 6.10 Å². The summed E-state index contributed by atoms with van der Waals surface area (Å²) in [5.41, 5.74) is 2.03. The Morgan fingerprint density at radius 3 is 2.53 bits per heavy atom. The minimum absolute atomic E-state index is 0.184. The number of nitrogens with one attached hydrogen (secondary N) is 1. The molecule has 3 heteroatoms. The maximum atomic E-state index is 5.76. The number of aryl methyl sites for hydroxylation is 1. The summed E-state index contributed by atoms with van der Waals surface area (Å²) < 4.78 is 5.76. The predicted octanol–water partition coefficient (Wildman–Crippen LogP) is 2.92. The Balaban J connectivity index is 2.69. The van der Waals surface area contributed by atoms with Gasteiger partial charge in [0.25, 0.3) is 0 Å². The van der Waals surface area contributed by atoms with Crippen LogP contribution in [-0.2, 0) is 6.54 Å². The molecular weight excluding hydrogens is 212 g/mol. The van der Waals surface area contributed by atoms with Crippen molar-refractivity contribution in [1.82, 2.24) is 10.3 Å². The summed E-state index contributed by atoms with van der Waals surface area (Å²) in [5, 5.41) is 3.40. The number of hydrogen-bond donors (Lipinski definition) is 1. The Hall–Kier alpha value is -1.09. The van der Waals surface area contributed by atoms with Crippen LogP contribution >= 0.6 is 0 Å². The first-order valence-electron chi connectivity index (χ1n) is 6.33. The Kier molecular flexibility index (Phi) is 5.42. The van der Waals surface area contributed by atoms with Crippen LogP contribution in [0, 0.1) is 12.8 Å². The number of aromatic nitrogens is 1. The van der Waals surface area contributed by atoms with Crippen LogP contribution in [0.5, 0.6) is 5.75 Å². The summed E-state index contributed by atoms with van der Waals surface area (Å²) in [6.07, 6.45) is 0.184. The van der Waals surface area contributed by atoms with Gasteiger partial charge in [0.2, 0.25) is 0 Å². The summed E-state index contributed by atoms with van der Waals surface area (Å²) in [4.78, 5) is 4.54. The van der Waals surface area contributed by atoms with Crippen LogP contribution in [0.4, 0.5) is 0 Å². The molecule has 0 saturated carbocycles. The highest BCUT2D eigenvalue weighted by molar-refractivity contribution is 5.29. The highest BCUT2D eigenvalue weighted by Gasteiger charge is 2.07. The Morgan fingerprint density at radius 2 is 1.94 bits per heavy atom. The maximum Gasteiger partial charge on any atom is 0.142 e. The zero-order valence-electron chi connectivity index (χ0n) is 11.6. The van der Waals surface area contributed by atoms with Gasteiger partial charge < -0.3 is 10.1 Å². The zero-order valence-corrected chi connectivity index (χ0v) is 11.6. The SMILES string of the molecule is Cc1ccc(OC(C)C)c(CNCC(C)C)n1. The summed E-state index contributed by atoms with van der Waals surface area (Å²) in [7, 11) is 0. The molecule has 3 nitrogen and oxygen atoms in total. The van der Waals surface area contributed by atoms with E-state index in [0.29, 0.717) is 5.92 Å². The van der Waals surface area contributed by atoms with Gasteiger partial charge in [-0.15, -0.1) is 0 Å². The van der Waals surface area contributed by atoms with Gasteiger partial charge in [0.15, 0.2) is 0 Å². The van der Waals surface area contributed by atoms with Gasteiger partial charge in [-0.1, -0.05) is 13.8 Å². The smallest absolute Gasteiger partial charge is 0.142 e. The summed E-state index contributed by atoms with van der Waals surface area (Å²) >= 11 is 0. The predicted molar refractivity (Wildman–Crippen MR) is 71.3 cm³/mol. The van der Waals surface area contributed by atoms with Gasteiger partial charge >= 0.3 is 0 Å². The van der Waals surface area contributed by atoms with Gasteiger partial charge in [-0.3, -0.25) is 4.98 Å². The molecule has 0 aliphatic carbocycles. The van der Waals surface area contributed by atoms with Crippen molar-refractivity contribution in [2.24, 2.45) is 5.92 Å². The lowest BCUT2D eigenvalue weighted by Crippen LogP contribution is -2.21. The lowest BCUT2D eigenvalue weighted by atomic mass is 10.2. The fourth-order valence-electron chi connectivity index (χ4n) is 1.56. The van der Waals surface area contributed by atoms with E-state index in [4.69, 9.17) is 4.74 Å². The van der Waals surface area contributed by atoms with E-state index in [1.807, 2.05) is 32.9 Å². The van der Waals surface area contributed by atoms with Gasteiger partial charge in [-0.25, -0.2) is 0 Å². The summed E-state index contributed by atoms with van der Waals surface area (Å²) in [6.45, 7) is 12.2. The fraction of sp³-hybridized carbons (Fsp3) is 0.643. The Morgan fingerprint density at radius 1 is 1.24 bits per heavy atom. The average molecular weight is 236 g/mol. The molecule has 0 bridgehead atoms. The standard InChI is InChI=1S/C14H24N2O/c1-10(2)8-15-9-13-14(17-11(3)4)7-6-12(5)16-13/h6-7,10-11,15H,8-9H2,1-5H3. The number of rotatable bonds is 6. The molecule has 1 heterocycles. The topological polar surface area (TPSA) is 34.1 Å². The molecule has 0 aromatic carbocycles. The van der Waals surface area contributed by atoms with Gasteiger partial charge in [-0.05, 0) is 45.4 Å². The summed E-state index contributed by atoms with van der Waals surface area (Å²) in [6, 6.07) is 4.00. The number of hydrogen-bond acceptors (Lipinski definition) is 3. The minimum Gasteiger partial charge on any atom is -0.489 e. The Bertz CT molecular complexity index is 348. The van der Waals surface area contributed by atoms with E-state index >= 15 is 0 Å². The molecule has 0 spiro atoms. The van der Waals surface area contributed by atoms with Crippen molar-refractivity contribution in [1.29, 1.82) is 0 Å². The van der Waals surface area contributed by atoms with Crippen molar-refractivity contribution in [3.63, 3.8) is 0 Å². The highest BCUT2D eigenvalue weighted by Crippen LogP contribution is 2.18. The lowest BCUT2D eigenvalue weighted by molar-refractivity contribution is 0.238. The molecule has 0 saturated heterocycles. The van der Waals surface area contributed by atoms with Crippen molar-refractivity contribution in [2.75, 3.05) is 6.54 Å². The van der Waals surface area contributed by atoms with E-state index in [0.717, 1.165) is 30.2 Å². The van der Waals surface area contributed by atoms with Crippen molar-refractivity contribution < 1.29 is 4.74 Å². The number of pyridine rings is 1. The number of nitrogens with zero attached hydrogens (tertiary/aromatic N) is 1. The molecule has 0 unspecified atom stereocenters. The molecule has 1 aromatic heterocycles. The van der Waals surface area contributed by atoms with Crippen LogP contribution in [0.25, 0.3) is 0 Å². The van der Waals surface area contributed by atoms with Crippen LogP contribution in [0.15, 0.2) is 12.1 Å². The summed E-state index contributed by atoms with van der Waals surface area (Å²) in [5.74, 6) is 1.54. The van der Waals surface area contributed by atoms with Gasteiger partial charge in [-0.2, -0.15) is 0 Å². The van der Waals surface area contributed by atoms with Crippen LogP contribution in [0.1, 0.15) is 39.1 Å². The first-order chi connectivity index (χ1) is 7.99. The maximum absolute atomic E-state index is 5.76. The molecule has 0 amide bonds. The van der Waals surface area contributed by atoms with Crippen LogP contribution in [-0.4, -0.2) is 17.6 Å². The van der Waals surface area contributed by atoms with E-state index in [1.54, 1.807) is 0 Å². The van der Waals surface area contributed by atoms with Gasteiger partial charge in [0, 0.05) is 12.2 Å². The quantitative estimate of drug-likeness (QED) is 0.824. The first kappa shape index (κ1) is 14.0. The van der Waals surface area contributed by atoms with Crippen LogP contribution < -0.4 is 10.1 Å². The molecule has 0 aliphatic heterocycles. The lowest BCUT2D eigenvalue weighted by Gasteiger charge is -2.15. The largest absolute Gasteiger partial charge is 0.489 e. The van der Waals surface area contributed by atoms with Gasteiger partial charge in [0.05, 0.1) is 11.8 Å². The molecule has 0 fully saturated rings. The molecule has 17 heavy (non-hydrogen) atoms. The van der Waals surface area contributed by atoms with Gasteiger partial charge in [0.1, 0.15) is 5.75 Å². The van der Waals surface area contributed by atoms with Crippen molar-refractivity contribution in [3.8, 4) is 5.75 Å². The van der Waals surface area contributed by atoms with E-state index in [1.165, 1.54) is 0 Å². The Labute approximate surface area is 105 Å². The van der Waals surface area contributed by atoms with Crippen molar-refractivity contribution in [3.05, 3.63) is 23.5 Å². The third-order valence-electron chi connectivity index (χ3n) is 2.28. The molecule has 96 valence electrons. The first-order valence-corrected chi connectivity index (χ1v) is 6.33. The minimum atomic E-state index is 0.184. The second kappa shape index (κ2) is 6.60. The molecule has 1 N–H and O–H groups in total. The average Bonchev–Trinajstić information content (AvgIpc) is 2.21. The molecular formula is C14H24N2O. The van der Waals surface area contributed by atoms with Crippen molar-refractivity contribution >= 4 is 0 Å². The fourth-order valence-corrected chi connectivity index (χ4v) is 1.56. The third-order valence-corrected chi connectivity index (χ3v) is 2.28. The van der Waals surface area contributed by atoms with Crippen molar-refractivity contribution in [2.45, 2.75) is 47.3 Å². The third kappa shape index (κ3) is 5.18.